The molecular formula is C75H142O6. The van der Waals surface area contributed by atoms with Gasteiger partial charge in [-0.1, -0.05) is 373 Å². The van der Waals surface area contributed by atoms with E-state index in [2.05, 4.69) is 45.1 Å². The molecule has 0 radical (unpaired) electrons. The van der Waals surface area contributed by atoms with Crippen molar-refractivity contribution in [3.05, 3.63) is 24.3 Å². The summed E-state index contributed by atoms with van der Waals surface area (Å²) < 4.78 is 17.0. The van der Waals surface area contributed by atoms with E-state index in [0.717, 1.165) is 64.2 Å². The van der Waals surface area contributed by atoms with Gasteiger partial charge < -0.3 is 14.2 Å². The molecule has 0 aliphatic rings. The zero-order valence-electron chi connectivity index (χ0n) is 55.1. The Balaban J connectivity index is 4.22. The number of allylic oxidation sites excluding steroid dienone is 4. The van der Waals surface area contributed by atoms with Crippen molar-refractivity contribution in [2.24, 2.45) is 0 Å². The largest absolute Gasteiger partial charge is 0.462 e. The molecule has 0 amide bonds. The van der Waals surface area contributed by atoms with E-state index in [4.69, 9.17) is 14.2 Å². The summed E-state index contributed by atoms with van der Waals surface area (Å²) in [6.45, 7) is 6.72. The molecule has 0 saturated carbocycles. The maximum absolute atomic E-state index is 13.0. The maximum Gasteiger partial charge on any atom is 0.306 e. The van der Waals surface area contributed by atoms with E-state index in [1.165, 1.54) is 315 Å². The van der Waals surface area contributed by atoms with Gasteiger partial charge in [-0.25, -0.2) is 0 Å². The zero-order valence-corrected chi connectivity index (χ0v) is 55.1. The van der Waals surface area contributed by atoms with E-state index in [1.807, 2.05) is 0 Å². The maximum atomic E-state index is 13.0. The first-order valence-corrected chi connectivity index (χ1v) is 36.8. The fraction of sp³-hybridized carbons (Fsp3) is 0.907. The molecule has 0 aliphatic carbocycles. The molecule has 0 saturated heterocycles. The lowest BCUT2D eigenvalue weighted by Gasteiger charge is -2.18. The molecule has 0 heterocycles. The third-order valence-corrected chi connectivity index (χ3v) is 17.0. The SMILES string of the molecule is CCCCCCC/C=C\C/C=C\CCCCCCCCCCCCCCCCCC(=O)OCC(COC(=O)CCCCCCCCCCCCCCCCC)OC(=O)CCCCCCCCCCCCCCCCCCCCCCC. The predicted octanol–water partition coefficient (Wildman–Crippen LogP) is 25.3. The second-order valence-electron chi connectivity index (χ2n) is 25.2. The van der Waals surface area contributed by atoms with Crippen molar-refractivity contribution in [1.29, 1.82) is 0 Å². The lowest BCUT2D eigenvalue weighted by atomic mass is 10.0. The third-order valence-electron chi connectivity index (χ3n) is 17.0. The molecule has 0 fully saturated rings. The second kappa shape index (κ2) is 70.4. The Bertz CT molecular complexity index is 1310. The molecule has 478 valence electrons. The van der Waals surface area contributed by atoms with Crippen molar-refractivity contribution in [1.82, 2.24) is 0 Å². The number of carbonyl (C=O) groups is 3. The van der Waals surface area contributed by atoms with Gasteiger partial charge in [0, 0.05) is 19.3 Å². The summed E-state index contributed by atoms with van der Waals surface area (Å²) in [5, 5.41) is 0. The molecule has 6 nitrogen and oxygen atoms in total. The van der Waals surface area contributed by atoms with Crippen LogP contribution in [0.3, 0.4) is 0 Å². The lowest BCUT2D eigenvalue weighted by molar-refractivity contribution is -0.167. The van der Waals surface area contributed by atoms with Crippen LogP contribution in [0.4, 0.5) is 0 Å². The Morgan fingerprint density at radius 2 is 0.444 bits per heavy atom. The van der Waals surface area contributed by atoms with Gasteiger partial charge in [0.15, 0.2) is 6.10 Å². The van der Waals surface area contributed by atoms with Crippen LogP contribution in [0.15, 0.2) is 24.3 Å². The van der Waals surface area contributed by atoms with Crippen LogP contribution in [-0.4, -0.2) is 37.2 Å². The Morgan fingerprint density at radius 1 is 0.247 bits per heavy atom. The van der Waals surface area contributed by atoms with Crippen molar-refractivity contribution < 1.29 is 28.6 Å². The summed E-state index contributed by atoms with van der Waals surface area (Å²) >= 11 is 0. The topological polar surface area (TPSA) is 78.9 Å². The number of esters is 3. The summed E-state index contributed by atoms with van der Waals surface area (Å²) in [6, 6.07) is 0. The van der Waals surface area contributed by atoms with Gasteiger partial charge in [0.25, 0.3) is 0 Å². The average molecular weight is 1140 g/mol. The standard InChI is InChI=1S/C75H142O6/c1-4-7-10-13-16-19-22-25-28-30-32-34-35-36-37-38-39-41-42-44-47-50-53-56-59-62-65-68-74(77)80-71-72(70-79-73(76)67-64-61-58-55-52-49-46-27-24-21-18-15-12-9-6-3)81-75(78)69-66-63-60-57-54-51-48-45-43-40-33-31-29-26-23-20-17-14-11-8-5-2/h22,25,30,32,72H,4-21,23-24,26-29,31,33-71H2,1-3H3/b25-22-,32-30-. The summed E-state index contributed by atoms with van der Waals surface area (Å²) in [7, 11) is 0. The highest BCUT2D eigenvalue weighted by atomic mass is 16.6. The van der Waals surface area contributed by atoms with E-state index < -0.39 is 6.10 Å². The van der Waals surface area contributed by atoms with Gasteiger partial charge in [-0.15, -0.1) is 0 Å². The second-order valence-corrected chi connectivity index (χ2v) is 25.2. The number of carbonyl (C=O) groups excluding carboxylic acids is 3. The van der Waals surface area contributed by atoms with Crippen LogP contribution in [0, 0.1) is 0 Å². The van der Waals surface area contributed by atoms with E-state index in [9.17, 15) is 14.4 Å². The van der Waals surface area contributed by atoms with Gasteiger partial charge in [-0.05, 0) is 51.4 Å². The Hall–Kier alpha value is -2.11. The quantitative estimate of drug-likeness (QED) is 0.0261. The molecule has 81 heavy (non-hydrogen) atoms. The molecule has 0 bridgehead atoms. The molecule has 0 aromatic carbocycles. The summed E-state index contributed by atoms with van der Waals surface area (Å²) in [4.78, 5) is 38.5. The van der Waals surface area contributed by atoms with Crippen LogP contribution in [0.1, 0.15) is 419 Å². The van der Waals surface area contributed by atoms with E-state index in [0.29, 0.717) is 19.3 Å². The molecule has 0 aromatic heterocycles. The fourth-order valence-corrected chi connectivity index (χ4v) is 11.4. The van der Waals surface area contributed by atoms with Crippen molar-refractivity contribution in [2.45, 2.75) is 425 Å². The number of unbranched alkanes of at least 4 members (excludes halogenated alkanes) is 54. The van der Waals surface area contributed by atoms with E-state index >= 15 is 0 Å². The van der Waals surface area contributed by atoms with Gasteiger partial charge >= 0.3 is 17.9 Å². The first-order valence-electron chi connectivity index (χ1n) is 36.8. The van der Waals surface area contributed by atoms with Crippen LogP contribution < -0.4 is 0 Å². The highest BCUT2D eigenvalue weighted by Crippen LogP contribution is 2.19. The normalized spacial score (nSPS) is 12.1. The summed E-state index contributed by atoms with van der Waals surface area (Å²) in [6.07, 6.45) is 86.4. The first-order chi connectivity index (χ1) is 40.0. The zero-order chi connectivity index (χ0) is 58.5. The predicted molar refractivity (Wildman–Crippen MR) is 353 cm³/mol. The average Bonchev–Trinajstić information content (AvgIpc) is 3.47. The van der Waals surface area contributed by atoms with E-state index in [-0.39, 0.29) is 31.1 Å². The minimum atomic E-state index is -0.767. The van der Waals surface area contributed by atoms with Gasteiger partial charge in [-0.2, -0.15) is 0 Å². The Kier molecular flexibility index (Phi) is 68.5. The highest BCUT2D eigenvalue weighted by Gasteiger charge is 2.20. The number of hydrogen-bond acceptors (Lipinski definition) is 6. The highest BCUT2D eigenvalue weighted by molar-refractivity contribution is 5.71. The Labute approximate surface area is 506 Å². The van der Waals surface area contributed by atoms with Crippen molar-refractivity contribution in [3.63, 3.8) is 0 Å². The van der Waals surface area contributed by atoms with Gasteiger partial charge in [-0.3, -0.25) is 14.4 Å². The van der Waals surface area contributed by atoms with Crippen LogP contribution in [0.2, 0.25) is 0 Å². The van der Waals surface area contributed by atoms with Crippen molar-refractivity contribution in [3.8, 4) is 0 Å². The number of rotatable bonds is 69. The monoisotopic (exact) mass is 1140 g/mol. The smallest absolute Gasteiger partial charge is 0.306 e. The van der Waals surface area contributed by atoms with Gasteiger partial charge in [0.2, 0.25) is 0 Å². The molecule has 1 atom stereocenters. The third kappa shape index (κ3) is 68.6. The molecule has 1 unspecified atom stereocenters. The lowest BCUT2D eigenvalue weighted by Crippen LogP contribution is -2.30. The minimum absolute atomic E-state index is 0.0633. The van der Waals surface area contributed by atoms with Gasteiger partial charge in [0.1, 0.15) is 13.2 Å². The minimum Gasteiger partial charge on any atom is -0.462 e. The summed E-state index contributed by atoms with van der Waals surface area (Å²) in [5.41, 5.74) is 0. The molecule has 0 rings (SSSR count). The van der Waals surface area contributed by atoms with Crippen LogP contribution in [-0.2, 0) is 28.6 Å². The van der Waals surface area contributed by atoms with Crippen LogP contribution in [0.25, 0.3) is 0 Å². The molecule has 0 N–H and O–H groups in total. The fourth-order valence-electron chi connectivity index (χ4n) is 11.4. The number of hydrogen-bond donors (Lipinski definition) is 0. The molecule has 0 spiro atoms. The van der Waals surface area contributed by atoms with Crippen molar-refractivity contribution in [2.75, 3.05) is 13.2 Å². The molecule has 6 heteroatoms. The Morgan fingerprint density at radius 3 is 0.679 bits per heavy atom. The van der Waals surface area contributed by atoms with Crippen molar-refractivity contribution >= 4 is 17.9 Å². The first kappa shape index (κ1) is 78.9. The molecular weight excluding hydrogens is 997 g/mol. The van der Waals surface area contributed by atoms with E-state index in [1.54, 1.807) is 0 Å². The molecule has 0 aliphatic heterocycles. The number of ether oxygens (including phenoxy) is 3. The molecule has 0 aromatic rings. The van der Waals surface area contributed by atoms with Gasteiger partial charge in [0.05, 0.1) is 0 Å². The van der Waals surface area contributed by atoms with Crippen LogP contribution >= 0.6 is 0 Å². The van der Waals surface area contributed by atoms with Crippen LogP contribution in [0.5, 0.6) is 0 Å². The summed E-state index contributed by atoms with van der Waals surface area (Å²) in [5.74, 6) is -0.826.